The predicted octanol–water partition coefficient (Wildman–Crippen LogP) is 1.77. The van der Waals surface area contributed by atoms with E-state index in [1.54, 1.807) is 24.5 Å². The fourth-order valence-corrected chi connectivity index (χ4v) is 1.45. The number of pyridine rings is 2. The Morgan fingerprint density at radius 2 is 1.94 bits per heavy atom. The first kappa shape index (κ1) is 10.3. The zero-order valence-electron chi connectivity index (χ0n) is 8.50. The molecule has 80 valence electrons. The second kappa shape index (κ2) is 4.53. The van der Waals surface area contributed by atoms with E-state index < -0.39 is 5.97 Å². The van der Waals surface area contributed by atoms with Crippen LogP contribution in [0, 0.1) is 0 Å². The lowest BCUT2D eigenvalue weighted by atomic mass is 10.1. The van der Waals surface area contributed by atoms with Crippen LogP contribution in [0.4, 0.5) is 0 Å². The van der Waals surface area contributed by atoms with Crippen molar-refractivity contribution in [2.24, 2.45) is 0 Å². The molecule has 16 heavy (non-hydrogen) atoms. The average molecular weight is 214 g/mol. The van der Waals surface area contributed by atoms with Gasteiger partial charge in [-0.2, -0.15) is 0 Å². The number of carboxylic acid groups (broad SMARTS) is 1. The van der Waals surface area contributed by atoms with Crippen molar-refractivity contribution in [2.75, 3.05) is 0 Å². The molecule has 0 unspecified atom stereocenters. The smallest absolute Gasteiger partial charge is 0.337 e. The Bertz CT molecular complexity index is 497. The van der Waals surface area contributed by atoms with Crippen molar-refractivity contribution in [1.82, 2.24) is 9.97 Å². The molecule has 0 aliphatic heterocycles. The van der Waals surface area contributed by atoms with Gasteiger partial charge in [-0.05, 0) is 24.3 Å². The third-order valence-corrected chi connectivity index (χ3v) is 2.20. The van der Waals surface area contributed by atoms with Crippen molar-refractivity contribution >= 4 is 5.97 Å². The largest absolute Gasteiger partial charge is 0.478 e. The van der Waals surface area contributed by atoms with Gasteiger partial charge in [-0.25, -0.2) is 4.79 Å². The number of rotatable bonds is 3. The van der Waals surface area contributed by atoms with Gasteiger partial charge in [0, 0.05) is 24.5 Å². The summed E-state index contributed by atoms with van der Waals surface area (Å²) in [5, 5.41) is 8.98. The van der Waals surface area contributed by atoms with Crippen LogP contribution >= 0.6 is 0 Å². The van der Waals surface area contributed by atoms with Crippen LogP contribution in [0.5, 0.6) is 0 Å². The lowest BCUT2D eigenvalue weighted by molar-refractivity contribution is 0.0695. The van der Waals surface area contributed by atoms with Crippen LogP contribution in [0.2, 0.25) is 0 Å². The van der Waals surface area contributed by atoms with E-state index in [1.165, 1.54) is 0 Å². The number of hydrogen-bond donors (Lipinski definition) is 1. The third kappa shape index (κ3) is 2.23. The Labute approximate surface area is 92.6 Å². The fourth-order valence-electron chi connectivity index (χ4n) is 1.45. The molecule has 2 rings (SSSR count). The van der Waals surface area contributed by atoms with E-state index in [9.17, 15) is 4.79 Å². The summed E-state index contributed by atoms with van der Waals surface area (Å²) in [6.45, 7) is 0. The number of carbonyl (C=O) groups is 1. The van der Waals surface area contributed by atoms with Gasteiger partial charge in [-0.1, -0.05) is 6.07 Å². The minimum absolute atomic E-state index is 0.230. The molecule has 0 aliphatic carbocycles. The fraction of sp³-hybridized carbons (Fsp3) is 0.0833. The summed E-state index contributed by atoms with van der Waals surface area (Å²) in [5.74, 6) is -0.959. The molecule has 1 N–H and O–H groups in total. The summed E-state index contributed by atoms with van der Waals surface area (Å²) in [7, 11) is 0. The maximum atomic E-state index is 11.0. The highest BCUT2D eigenvalue weighted by atomic mass is 16.4. The molecular weight excluding hydrogens is 204 g/mol. The van der Waals surface area contributed by atoms with E-state index in [0.717, 1.165) is 5.69 Å². The third-order valence-electron chi connectivity index (χ3n) is 2.20. The van der Waals surface area contributed by atoms with Crippen LogP contribution in [-0.2, 0) is 6.42 Å². The van der Waals surface area contributed by atoms with Crippen LogP contribution in [0.15, 0.2) is 42.7 Å². The molecule has 0 aliphatic rings. The zero-order chi connectivity index (χ0) is 11.4. The van der Waals surface area contributed by atoms with Gasteiger partial charge in [0.05, 0.1) is 11.3 Å². The van der Waals surface area contributed by atoms with Gasteiger partial charge in [0.2, 0.25) is 0 Å². The zero-order valence-corrected chi connectivity index (χ0v) is 8.50. The maximum Gasteiger partial charge on any atom is 0.337 e. The monoisotopic (exact) mass is 214 g/mol. The molecule has 0 amide bonds. The molecule has 0 saturated carbocycles. The average Bonchev–Trinajstić information content (AvgIpc) is 2.31. The second-order valence-electron chi connectivity index (χ2n) is 3.30. The molecule has 0 aromatic carbocycles. The van der Waals surface area contributed by atoms with E-state index in [-0.39, 0.29) is 5.56 Å². The first-order valence-electron chi connectivity index (χ1n) is 4.84. The topological polar surface area (TPSA) is 63.1 Å². The lowest BCUT2D eigenvalue weighted by Gasteiger charge is -2.03. The molecule has 4 heteroatoms. The normalized spacial score (nSPS) is 10.0. The molecule has 0 bridgehead atoms. The van der Waals surface area contributed by atoms with Crippen molar-refractivity contribution in [2.45, 2.75) is 6.42 Å². The van der Waals surface area contributed by atoms with E-state index in [4.69, 9.17) is 5.11 Å². The minimum atomic E-state index is -0.959. The highest BCUT2D eigenvalue weighted by Crippen LogP contribution is 2.10. The summed E-state index contributed by atoms with van der Waals surface area (Å²) in [6.07, 6.45) is 3.70. The van der Waals surface area contributed by atoms with Crippen LogP contribution < -0.4 is 0 Å². The maximum absolute atomic E-state index is 11.0. The standard InChI is InChI=1S/C12H10N2O2/c15-12(16)10-5-3-7-14-11(10)8-9-4-1-2-6-13-9/h1-7H,8H2,(H,15,16). The first-order chi connectivity index (χ1) is 7.77. The summed E-state index contributed by atoms with van der Waals surface area (Å²) >= 11 is 0. The Morgan fingerprint density at radius 1 is 1.12 bits per heavy atom. The van der Waals surface area contributed by atoms with Crippen molar-refractivity contribution < 1.29 is 9.90 Å². The summed E-state index contributed by atoms with van der Waals surface area (Å²) in [5.41, 5.74) is 1.57. The first-order valence-corrected chi connectivity index (χ1v) is 4.84. The molecule has 0 fully saturated rings. The second-order valence-corrected chi connectivity index (χ2v) is 3.30. The Morgan fingerprint density at radius 3 is 2.62 bits per heavy atom. The summed E-state index contributed by atoms with van der Waals surface area (Å²) < 4.78 is 0. The number of aromatic carboxylic acids is 1. The van der Waals surface area contributed by atoms with Crippen molar-refractivity contribution in [1.29, 1.82) is 0 Å². The Kier molecular flexibility index (Phi) is 2.91. The van der Waals surface area contributed by atoms with E-state index >= 15 is 0 Å². The van der Waals surface area contributed by atoms with Crippen LogP contribution in [0.3, 0.4) is 0 Å². The van der Waals surface area contributed by atoms with E-state index in [1.807, 2.05) is 18.2 Å². The molecule has 4 nitrogen and oxygen atoms in total. The van der Waals surface area contributed by atoms with Gasteiger partial charge in [-0.3, -0.25) is 9.97 Å². The Hall–Kier alpha value is -2.23. The van der Waals surface area contributed by atoms with Gasteiger partial charge < -0.3 is 5.11 Å². The van der Waals surface area contributed by atoms with Crippen LogP contribution in [-0.4, -0.2) is 21.0 Å². The Balaban J connectivity index is 2.31. The number of nitrogens with zero attached hydrogens (tertiary/aromatic N) is 2. The molecule has 0 saturated heterocycles. The van der Waals surface area contributed by atoms with Gasteiger partial charge >= 0.3 is 5.97 Å². The molecule has 2 aromatic heterocycles. The van der Waals surface area contributed by atoms with Crippen LogP contribution in [0.25, 0.3) is 0 Å². The highest BCUT2D eigenvalue weighted by Gasteiger charge is 2.10. The molecule has 0 radical (unpaired) electrons. The highest BCUT2D eigenvalue weighted by molar-refractivity contribution is 5.88. The molecule has 2 heterocycles. The minimum Gasteiger partial charge on any atom is -0.478 e. The molecular formula is C12H10N2O2. The SMILES string of the molecule is O=C(O)c1cccnc1Cc1ccccn1. The van der Waals surface area contributed by atoms with Crippen molar-refractivity contribution in [3.05, 3.63) is 59.7 Å². The summed E-state index contributed by atoms with van der Waals surface area (Å²) in [6, 6.07) is 8.70. The predicted molar refractivity (Wildman–Crippen MR) is 58.2 cm³/mol. The lowest BCUT2D eigenvalue weighted by Crippen LogP contribution is -2.05. The number of aromatic nitrogens is 2. The molecule has 0 atom stereocenters. The molecule has 2 aromatic rings. The van der Waals surface area contributed by atoms with Crippen molar-refractivity contribution in [3.63, 3.8) is 0 Å². The number of hydrogen-bond acceptors (Lipinski definition) is 3. The van der Waals surface area contributed by atoms with E-state index in [2.05, 4.69) is 9.97 Å². The van der Waals surface area contributed by atoms with Gasteiger partial charge in [0.25, 0.3) is 0 Å². The summed E-state index contributed by atoms with van der Waals surface area (Å²) in [4.78, 5) is 19.2. The van der Waals surface area contributed by atoms with Crippen LogP contribution in [0.1, 0.15) is 21.7 Å². The number of carboxylic acids is 1. The van der Waals surface area contributed by atoms with Gasteiger partial charge in [-0.15, -0.1) is 0 Å². The van der Waals surface area contributed by atoms with Gasteiger partial charge in [0.1, 0.15) is 0 Å². The van der Waals surface area contributed by atoms with Gasteiger partial charge in [0.15, 0.2) is 0 Å². The van der Waals surface area contributed by atoms with Crippen molar-refractivity contribution in [3.8, 4) is 0 Å². The molecule has 0 spiro atoms. The van der Waals surface area contributed by atoms with E-state index in [0.29, 0.717) is 12.1 Å². The quantitative estimate of drug-likeness (QED) is 0.845.